The summed E-state index contributed by atoms with van der Waals surface area (Å²) in [5.41, 5.74) is 0.703. The molecule has 1 atom stereocenters. The molecule has 1 aromatic carbocycles. The number of thioether (sulfide) groups is 1. The van der Waals surface area contributed by atoms with Gasteiger partial charge in [0.2, 0.25) is 0 Å². The number of benzene rings is 1. The number of ether oxygens (including phenoxy) is 1. The number of rotatable bonds is 4. The van der Waals surface area contributed by atoms with Crippen LogP contribution in [-0.2, 0) is 4.79 Å². The van der Waals surface area contributed by atoms with Crippen molar-refractivity contribution >= 4 is 51.6 Å². The van der Waals surface area contributed by atoms with E-state index in [0.717, 1.165) is 18.2 Å². The summed E-state index contributed by atoms with van der Waals surface area (Å²) in [6.45, 7) is 3.79. The summed E-state index contributed by atoms with van der Waals surface area (Å²) in [6.07, 6.45) is 2.37. The number of hydrogen-bond donors (Lipinski definition) is 1. The minimum absolute atomic E-state index is 0.0629. The minimum Gasteiger partial charge on any atom is -0.504 e. The number of halogens is 1. The third-order valence-corrected chi connectivity index (χ3v) is 5.13. The molecule has 1 aliphatic rings. The minimum atomic E-state index is -0.272. The van der Waals surface area contributed by atoms with Gasteiger partial charge in [0, 0.05) is 6.04 Å². The highest BCUT2D eigenvalue weighted by Gasteiger charge is 2.37. The van der Waals surface area contributed by atoms with Crippen LogP contribution in [0.15, 0.2) is 17.0 Å². The summed E-state index contributed by atoms with van der Waals surface area (Å²) in [4.78, 5) is 26.0. The second-order valence-electron chi connectivity index (χ2n) is 4.86. The Kier molecular flexibility index (Phi) is 5.38. The van der Waals surface area contributed by atoms with Crippen LogP contribution in [0, 0.1) is 3.57 Å². The van der Waals surface area contributed by atoms with E-state index in [-0.39, 0.29) is 22.9 Å². The van der Waals surface area contributed by atoms with Gasteiger partial charge in [-0.15, -0.1) is 0 Å². The number of hydrogen-bond acceptors (Lipinski definition) is 5. The molecule has 118 valence electrons. The van der Waals surface area contributed by atoms with Crippen LogP contribution in [0.3, 0.4) is 0 Å². The van der Waals surface area contributed by atoms with Gasteiger partial charge in [0.05, 0.1) is 15.6 Å². The smallest absolute Gasteiger partial charge is 0.293 e. The van der Waals surface area contributed by atoms with Gasteiger partial charge < -0.3 is 9.84 Å². The number of methoxy groups -OCH3 is 1. The monoisotopic (exact) mass is 433 g/mol. The van der Waals surface area contributed by atoms with Gasteiger partial charge in [-0.3, -0.25) is 14.5 Å². The molecule has 1 N–H and O–H groups in total. The lowest BCUT2D eigenvalue weighted by atomic mass is 10.1. The number of aromatic hydroxyl groups is 1. The van der Waals surface area contributed by atoms with Crippen molar-refractivity contribution in [1.29, 1.82) is 0 Å². The molecular weight excluding hydrogens is 417 g/mol. The zero-order chi connectivity index (χ0) is 16.4. The largest absolute Gasteiger partial charge is 0.504 e. The topological polar surface area (TPSA) is 66.8 Å². The zero-order valence-electron chi connectivity index (χ0n) is 12.4. The number of nitrogens with zero attached hydrogens (tertiary/aromatic N) is 1. The fourth-order valence-corrected chi connectivity index (χ4v) is 3.58. The van der Waals surface area contributed by atoms with Crippen LogP contribution < -0.4 is 4.74 Å². The molecule has 22 heavy (non-hydrogen) atoms. The van der Waals surface area contributed by atoms with Gasteiger partial charge in [-0.25, -0.2) is 0 Å². The number of carbonyl (C=O) groups is 2. The highest BCUT2D eigenvalue weighted by molar-refractivity contribution is 14.1. The maximum Gasteiger partial charge on any atom is 0.293 e. The van der Waals surface area contributed by atoms with Gasteiger partial charge in [-0.2, -0.15) is 0 Å². The predicted molar refractivity (Wildman–Crippen MR) is 94.9 cm³/mol. The molecular formula is C15H16INO4S. The van der Waals surface area contributed by atoms with Crippen LogP contribution in [0.2, 0.25) is 0 Å². The van der Waals surface area contributed by atoms with E-state index in [1.54, 1.807) is 18.2 Å². The second kappa shape index (κ2) is 6.91. The van der Waals surface area contributed by atoms with Crippen molar-refractivity contribution in [2.24, 2.45) is 0 Å². The van der Waals surface area contributed by atoms with Gasteiger partial charge in [0.1, 0.15) is 0 Å². The van der Waals surface area contributed by atoms with E-state index in [9.17, 15) is 14.7 Å². The molecule has 2 rings (SSSR count). The molecule has 0 saturated carbocycles. The molecule has 1 aliphatic heterocycles. The fourth-order valence-electron chi connectivity index (χ4n) is 2.03. The van der Waals surface area contributed by atoms with E-state index in [1.807, 2.05) is 36.4 Å². The Hall–Kier alpha value is -1.22. The van der Waals surface area contributed by atoms with Crippen molar-refractivity contribution < 1.29 is 19.4 Å². The van der Waals surface area contributed by atoms with Gasteiger partial charge in [-0.1, -0.05) is 6.92 Å². The van der Waals surface area contributed by atoms with Crippen LogP contribution in [0.25, 0.3) is 6.08 Å². The Labute approximate surface area is 146 Å². The number of phenolic OH excluding ortho intramolecular Hbond substituents is 1. The van der Waals surface area contributed by atoms with Crippen LogP contribution in [0.4, 0.5) is 4.79 Å². The van der Waals surface area contributed by atoms with Crippen molar-refractivity contribution in [1.82, 2.24) is 4.90 Å². The van der Waals surface area contributed by atoms with E-state index < -0.39 is 0 Å². The first kappa shape index (κ1) is 17.1. The zero-order valence-corrected chi connectivity index (χ0v) is 15.4. The van der Waals surface area contributed by atoms with Crippen molar-refractivity contribution in [3.63, 3.8) is 0 Å². The first-order valence-corrected chi connectivity index (χ1v) is 8.62. The van der Waals surface area contributed by atoms with Crippen molar-refractivity contribution in [3.8, 4) is 11.5 Å². The highest BCUT2D eigenvalue weighted by atomic mass is 127. The van der Waals surface area contributed by atoms with Gasteiger partial charge in [-0.05, 0) is 71.5 Å². The highest BCUT2D eigenvalue weighted by Crippen LogP contribution is 2.37. The SMILES string of the molecule is CC[C@@H](C)N1C(=O)S/C(=C/c2cc(I)c(O)c(OC)c2)C1=O. The van der Waals surface area contributed by atoms with Crippen LogP contribution in [0.1, 0.15) is 25.8 Å². The van der Waals surface area contributed by atoms with Gasteiger partial charge in [0.15, 0.2) is 11.5 Å². The third kappa shape index (κ3) is 3.24. The Balaban J connectivity index is 2.37. The lowest BCUT2D eigenvalue weighted by molar-refractivity contribution is -0.124. The molecule has 0 radical (unpaired) electrons. The van der Waals surface area contributed by atoms with Crippen molar-refractivity contribution in [2.45, 2.75) is 26.3 Å². The lowest BCUT2D eigenvalue weighted by Crippen LogP contribution is -2.36. The molecule has 0 bridgehead atoms. The summed E-state index contributed by atoms with van der Waals surface area (Å²) in [7, 11) is 1.46. The Morgan fingerprint density at radius 3 is 2.73 bits per heavy atom. The molecule has 0 unspecified atom stereocenters. The molecule has 1 fully saturated rings. The molecule has 1 heterocycles. The third-order valence-electron chi connectivity index (χ3n) is 3.42. The maximum absolute atomic E-state index is 12.4. The van der Waals surface area contributed by atoms with Gasteiger partial charge >= 0.3 is 0 Å². The summed E-state index contributed by atoms with van der Waals surface area (Å²) >= 11 is 2.92. The Morgan fingerprint density at radius 2 is 2.14 bits per heavy atom. The average molecular weight is 433 g/mol. The quantitative estimate of drug-likeness (QED) is 0.578. The summed E-state index contributed by atoms with van der Waals surface area (Å²) < 4.78 is 5.72. The van der Waals surface area contributed by atoms with Crippen LogP contribution >= 0.6 is 34.4 Å². The molecule has 0 aromatic heterocycles. The van der Waals surface area contributed by atoms with E-state index in [0.29, 0.717) is 19.8 Å². The van der Waals surface area contributed by atoms with E-state index in [4.69, 9.17) is 4.74 Å². The second-order valence-corrected chi connectivity index (χ2v) is 7.02. The fraction of sp³-hybridized carbons (Fsp3) is 0.333. The predicted octanol–water partition coefficient (Wildman–Crippen LogP) is 3.84. The molecule has 0 spiro atoms. The van der Waals surface area contributed by atoms with E-state index in [1.165, 1.54) is 12.0 Å². The van der Waals surface area contributed by atoms with E-state index >= 15 is 0 Å². The number of imide groups is 1. The lowest BCUT2D eigenvalue weighted by Gasteiger charge is -2.19. The number of phenols is 1. The molecule has 2 amide bonds. The Bertz CT molecular complexity index is 659. The standard InChI is InChI=1S/C15H16INO4S/c1-4-8(2)17-14(19)12(22-15(17)20)7-9-5-10(16)13(18)11(6-9)21-3/h5-8,18H,4H2,1-3H3/b12-7+/t8-/m1/s1. The van der Waals surface area contributed by atoms with Crippen molar-refractivity contribution in [2.75, 3.05) is 7.11 Å². The van der Waals surface area contributed by atoms with Crippen molar-refractivity contribution in [3.05, 3.63) is 26.2 Å². The molecule has 0 aliphatic carbocycles. The van der Waals surface area contributed by atoms with Crippen LogP contribution in [-0.4, -0.2) is 34.3 Å². The first-order chi connectivity index (χ1) is 10.4. The number of amides is 2. The normalized spacial score (nSPS) is 18.2. The van der Waals surface area contributed by atoms with E-state index in [2.05, 4.69) is 0 Å². The van der Waals surface area contributed by atoms with Gasteiger partial charge in [0.25, 0.3) is 11.1 Å². The molecule has 1 saturated heterocycles. The van der Waals surface area contributed by atoms with Crippen LogP contribution in [0.5, 0.6) is 11.5 Å². The first-order valence-electron chi connectivity index (χ1n) is 6.72. The Morgan fingerprint density at radius 1 is 1.45 bits per heavy atom. The summed E-state index contributed by atoms with van der Waals surface area (Å²) in [6, 6.07) is 3.25. The number of carbonyl (C=O) groups excluding carboxylic acids is 2. The molecule has 7 heteroatoms. The molecule has 5 nitrogen and oxygen atoms in total. The maximum atomic E-state index is 12.4. The average Bonchev–Trinajstić information content (AvgIpc) is 2.76. The molecule has 1 aromatic rings. The summed E-state index contributed by atoms with van der Waals surface area (Å²) in [5.74, 6) is 0.124. The summed E-state index contributed by atoms with van der Waals surface area (Å²) in [5, 5.41) is 9.59.